The molecular weight excluding hydrogens is 349 g/mol. The van der Waals surface area contributed by atoms with Gasteiger partial charge in [0.25, 0.3) is 15.7 Å². The average Bonchev–Trinajstić information content (AvgIpc) is 2.45. The first kappa shape index (κ1) is 17.7. The Morgan fingerprint density at radius 3 is 2.29 bits per heavy atom. The number of nitrogens with zero attached hydrogens (tertiary/aromatic N) is 1. The quantitative estimate of drug-likeness (QED) is 0.665. The van der Waals surface area contributed by atoms with Crippen molar-refractivity contribution in [2.24, 2.45) is 0 Å². The summed E-state index contributed by atoms with van der Waals surface area (Å²) in [5.74, 6) is 0. The van der Waals surface area contributed by atoms with Crippen molar-refractivity contribution in [3.05, 3.63) is 63.7 Å². The van der Waals surface area contributed by atoms with E-state index in [2.05, 4.69) is 0 Å². The molecule has 1 N–H and O–H groups in total. The Hall–Kier alpha value is -2.62. The Bertz CT molecular complexity index is 895. The standard InChI is InChI=1S/C14H11F3N2O4S/c1-9-8-10(19(20)21)6-7-13(9)24(22,23)18-12-5-3-2-4-11(12)14(15,16)17/h2-8,18H,1H3. The number of hydrogen-bond acceptors (Lipinski definition) is 4. The van der Waals surface area contributed by atoms with Crippen LogP contribution >= 0.6 is 0 Å². The average molecular weight is 360 g/mol. The van der Waals surface area contributed by atoms with E-state index in [9.17, 15) is 31.7 Å². The molecule has 6 nitrogen and oxygen atoms in total. The highest BCUT2D eigenvalue weighted by atomic mass is 32.2. The highest BCUT2D eigenvalue weighted by Gasteiger charge is 2.34. The smallest absolute Gasteiger partial charge is 0.279 e. The van der Waals surface area contributed by atoms with Crippen LogP contribution < -0.4 is 4.72 Å². The first-order valence-electron chi connectivity index (χ1n) is 6.46. The van der Waals surface area contributed by atoms with Crippen molar-refractivity contribution in [2.75, 3.05) is 4.72 Å². The van der Waals surface area contributed by atoms with Crippen LogP contribution in [0.25, 0.3) is 0 Å². The minimum atomic E-state index is -4.73. The van der Waals surface area contributed by atoms with E-state index in [1.165, 1.54) is 13.0 Å². The molecule has 0 fully saturated rings. The molecule has 0 unspecified atom stereocenters. The lowest BCUT2D eigenvalue weighted by Gasteiger charge is -2.15. The Labute approximate surface area is 135 Å². The van der Waals surface area contributed by atoms with Gasteiger partial charge in [-0.15, -0.1) is 0 Å². The number of nitro groups is 1. The molecule has 128 valence electrons. The van der Waals surface area contributed by atoms with Gasteiger partial charge in [-0.3, -0.25) is 14.8 Å². The summed E-state index contributed by atoms with van der Waals surface area (Å²) in [6, 6.07) is 7.11. The van der Waals surface area contributed by atoms with E-state index < -0.39 is 32.4 Å². The number of halogens is 3. The Morgan fingerprint density at radius 1 is 1.12 bits per heavy atom. The van der Waals surface area contributed by atoms with E-state index in [0.717, 1.165) is 36.4 Å². The van der Waals surface area contributed by atoms with E-state index in [1.54, 1.807) is 0 Å². The van der Waals surface area contributed by atoms with Gasteiger partial charge in [0.1, 0.15) is 0 Å². The van der Waals surface area contributed by atoms with Crippen LogP contribution in [0, 0.1) is 17.0 Å². The summed E-state index contributed by atoms with van der Waals surface area (Å²) in [7, 11) is -4.34. The van der Waals surface area contributed by atoms with E-state index in [1.807, 2.05) is 4.72 Å². The van der Waals surface area contributed by atoms with E-state index in [0.29, 0.717) is 0 Å². The van der Waals surface area contributed by atoms with Crippen molar-refractivity contribution in [3.8, 4) is 0 Å². The number of rotatable bonds is 4. The first-order valence-corrected chi connectivity index (χ1v) is 7.95. The number of nitrogens with one attached hydrogen (secondary N) is 1. The molecule has 24 heavy (non-hydrogen) atoms. The number of alkyl halides is 3. The van der Waals surface area contributed by atoms with Gasteiger partial charge in [0, 0.05) is 12.1 Å². The minimum Gasteiger partial charge on any atom is -0.279 e. The molecule has 0 spiro atoms. The third-order valence-electron chi connectivity index (χ3n) is 3.14. The molecule has 2 aromatic rings. The van der Waals surface area contributed by atoms with Gasteiger partial charge in [-0.05, 0) is 30.7 Å². The molecule has 0 aliphatic carbocycles. The van der Waals surface area contributed by atoms with Gasteiger partial charge in [-0.25, -0.2) is 8.42 Å². The molecule has 0 aliphatic rings. The predicted octanol–water partition coefficient (Wildman–Crippen LogP) is 3.72. The van der Waals surface area contributed by atoms with Crippen molar-refractivity contribution >= 4 is 21.4 Å². The molecule has 0 bridgehead atoms. The fourth-order valence-electron chi connectivity index (χ4n) is 2.07. The van der Waals surface area contributed by atoms with Crippen molar-refractivity contribution in [1.29, 1.82) is 0 Å². The molecule has 0 heterocycles. The van der Waals surface area contributed by atoms with Gasteiger partial charge in [0.05, 0.1) is 21.1 Å². The summed E-state index contributed by atoms with van der Waals surface area (Å²) in [6.07, 6.45) is -4.73. The van der Waals surface area contributed by atoms with Gasteiger partial charge in [-0.1, -0.05) is 12.1 Å². The van der Waals surface area contributed by atoms with Crippen LogP contribution in [-0.4, -0.2) is 13.3 Å². The fraction of sp³-hybridized carbons (Fsp3) is 0.143. The summed E-state index contributed by atoms with van der Waals surface area (Å²) in [5.41, 5.74) is -2.03. The lowest BCUT2D eigenvalue weighted by atomic mass is 10.2. The molecule has 0 saturated carbocycles. The molecule has 0 aliphatic heterocycles. The third kappa shape index (κ3) is 3.65. The van der Waals surface area contributed by atoms with Gasteiger partial charge in [-0.2, -0.15) is 13.2 Å². The summed E-state index contributed by atoms with van der Waals surface area (Å²) >= 11 is 0. The second kappa shape index (κ2) is 6.11. The van der Waals surface area contributed by atoms with E-state index in [-0.39, 0.29) is 16.1 Å². The largest absolute Gasteiger partial charge is 0.418 e. The van der Waals surface area contributed by atoms with Crippen molar-refractivity contribution in [1.82, 2.24) is 0 Å². The topological polar surface area (TPSA) is 89.3 Å². The highest BCUT2D eigenvalue weighted by Crippen LogP contribution is 2.35. The lowest BCUT2D eigenvalue weighted by molar-refractivity contribution is -0.385. The minimum absolute atomic E-state index is 0.0428. The maximum atomic E-state index is 12.9. The maximum absolute atomic E-state index is 12.9. The first-order chi connectivity index (χ1) is 11.0. The second-order valence-corrected chi connectivity index (χ2v) is 6.51. The van der Waals surface area contributed by atoms with Crippen LogP contribution in [0.4, 0.5) is 24.5 Å². The van der Waals surface area contributed by atoms with Crippen LogP contribution in [0.3, 0.4) is 0 Å². The number of para-hydroxylation sites is 1. The number of hydrogen-bond donors (Lipinski definition) is 1. The van der Waals surface area contributed by atoms with E-state index in [4.69, 9.17) is 0 Å². The fourth-order valence-corrected chi connectivity index (χ4v) is 3.38. The zero-order chi connectivity index (χ0) is 18.1. The predicted molar refractivity (Wildman–Crippen MR) is 80.1 cm³/mol. The van der Waals surface area contributed by atoms with Gasteiger partial charge in [0.2, 0.25) is 0 Å². The molecule has 2 aromatic carbocycles. The van der Waals surface area contributed by atoms with Crippen molar-refractivity contribution in [2.45, 2.75) is 18.0 Å². The molecular formula is C14H11F3N2O4S. The summed E-state index contributed by atoms with van der Waals surface area (Å²) < 4.78 is 65.4. The Kier molecular flexibility index (Phi) is 4.52. The molecule has 0 amide bonds. The summed E-state index contributed by atoms with van der Waals surface area (Å²) in [6.45, 7) is 1.32. The van der Waals surface area contributed by atoms with Crippen LogP contribution in [0.2, 0.25) is 0 Å². The number of nitro benzene ring substituents is 1. The van der Waals surface area contributed by atoms with Crippen molar-refractivity contribution in [3.63, 3.8) is 0 Å². The van der Waals surface area contributed by atoms with Gasteiger partial charge in [0.15, 0.2) is 0 Å². The molecule has 2 rings (SSSR count). The Morgan fingerprint density at radius 2 is 1.75 bits per heavy atom. The summed E-state index contributed by atoms with van der Waals surface area (Å²) in [4.78, 5) is 9.63. The number of aryl methyl sites for hydroxylation is 1. The number of sulfonamides is 1. The zero-order valence-corrected chi connectivity index (χ0v) is 13.0. The monoisotopic (exact) mass is 360 g/mol. The normalized spacial score (nSPS) is 12.0. The SMILES string of the molecule is Cc1cc([N+](=O)[O-])ccc1S(=O)(=O)Nc1ccccc1C(F)(F)F. The highest BCUT2D eigenvalue weighted by molar-refractivity contribution is 7.92. The number of non-ortho nitro benzene ring substituents is 1. The molecule has 0 radical (unpaired) electrons. The number of anilines is 1. The lowest BCUT2D eigenvalue weighted by Crippen LogP contribution is -2.18. The van der Waals surface area contributed by atoms with E-state index >= 15 is 0 Å². The molecule has 0 atom stereocenters. The molecule has 0 saturated heterocycles. The third-order valence-corrected chi connectivity index (χ3v) is 4.66. The van der Waals surface area contributed by atoms with Gasteiger partial charge >= 0.3 is 6.18 Å². The van der Waals surface area contributed by atoms with Gasteiger partial charge < -0.3 is 0 Å². The second-order valence-electron chi connectivity index (χ2n) is 4.86. The van der Waals surface area contributed by atoms with Crippen LogP contribution in [0.5, 0.6) is 0 Å². The van der Waals surface area contributed by atoms with Crippen LogP contribution in [0.15, 0.2) is 47.4 Å². The van der Waals surface area contributed by atoms with Crippen LogP contribution in [-0.2, 0) is 16.2 Å². The number of benzene rings is 2. The summed E-state index contributed by atoms with van der Waals surface area (Å²) in [5, 5.41) is 10.7. The zero-order valence-electron chi connectivity index (χ0n) is 12.2. The molecule has 10 heteroatoms. The molecule has 0 aromatic heterocycles. The Balaban J connectivity index is 2.46. The van der Waals surface area contributed by atoms with Crippen molar-refractivity contribution < 1.29 is 26.5 Å². The van der Waals surface area contributed by atoms with Crippen LogP contribution in [0.1, 0.15) is 11.1 Å². The maximum Gasteiger partial charge on any atom is 0.418 e.